The van der Waals surface area contributed by atoms with E-state index in [4.69, 9.17) is 4.74 Å². The number of likely N-dealkylation sites (tertiary alicyclic amines) is 1. The summed E-state index contributed by atoms with van der Waals surface area (Å²) in [5.41, 5.74) is -0.516. The zero-order valence-corrected chi connectivity index (χ0v) is 9.93. The molecule has 1 aliphatic heterocycles. The predicted molar refractivity (Wildman–Crippen MR) is 57.8 cm³/mol. The lowest BCUT2D eigenvalue weighted by molar-refractivity contribution is -0.487. The predicted octanol–water partition coefficient (Wildman–Crippen LogP) is 1.52. The van der Waals surface area contributed by atoms with Crippen LogP contribution < -0.4 is 0 Å². The maximum atomic E-state index is 11.6. The number of nitrogens with zero attached hydrogens (tertiary/aromatic N) is 2. The van der Waals surface area contributed by atoms with Crippen LogP contribution >= 0.6 is 0 Å². The van der Waals surface area contributed by atoms with E-state index < -0.39 is 5.60 Å². The van der Waals surface area contributed by atoms with Gasteiger partial charge in [-0.2, -0.15) is 0 Å². The van der Waals surface area contributed by atoms with Crippen molar-refractivity contribution in [1.29, 1.82) is 0 Å². The highest BCUT2D eigenvalue weighted by atomic mass is 16.6. The van der Waals surface area contributed by atoms with Crippen LogP contribution in [0.5, 0.6) is 0 Å². The van der Waals surface area contributed by atoms with E-state index in [2.05, 4.69) is 0 Å². The molecule has 1 rings (SSSR count). The van der Waals surface area contributed by atoms with Crippen molar-refractivity contribution in [3.8, 4) is 0 Å². The number of carbonyl (C=O) groups excluding carboxylic acids is 1. The molecule has 0 N–H and O–H groups in total. The summed E-state index contributed by atoms with van der Waals surface area (Å²) in [5.74, 6) is -0.0393. The van der Waals surface area contributed by atoms with Gasteiger partial charge in [0.1, 0.15) is 5.60 Å². The zero-order valence-electron chi connectivity index (χ0n) is 9.93. The Bertz CT molecular complexity index is 285. The summed E-state index contributed by atoms with van der Waals surface area (Å²) >= 11 is 0. The first-order chi connectivity index (χ1) is 7.28. The van der Waals surface area contributed by atoms with E-state index in [1.165, 1.54) is 0 Å². The first kappa shape index (κ1) is 12.7. The van der Waals surface area contributed by atoms with Crippen molar-refractivity contribution in [3.05, 3.63) is 10.1 Å². The first-order valence-corrected chi connectivity index (χ1v) is 5.37. The number of nitro groups is 1. The van der Waals surface area contributed by atoms with E-state index in [1.54, 1.807) is 25.7 Å². The van der Waals surface area contributed by atoms with Crippen LogP contribution in [0.25, 0.3) is 0 Å². The number of rotatable bonds is 2. The maximum Gasteiger partial charge on any atom is 0.410 e. The topological polar surface area (TPSA) is 72.7 Å². The summed E-state index contributed by atoms with van der Waals surface area (Å²) in [5, 5.41) is 10.3. The summed E-state index contributed by atoms with van der Waals surface area (Å²) in [7, 11) is 0. The molecule has 0 aromatic heterocycles. The second-order valence-electron chi connectivity index (χ2n) is 5.10. The Balaban J connectivity index is 2.41. The Hall–Kier alpha value is -1.33. The van der Waals surface area contributed by atoms with Gasteiger partial charge in [0.25, 0.3) is 0 Å². The Morgan fingerprint density at radius 1 is 1.56 bits per heavy atom. The summed E-state index contributed by atoms with van der Waals surface area (Å²) in [4.78, 5) is 23.2. The van der Waals surface area contributed by atoms with Gasteiger partial charge in [-0.15, -0.1) is 0 Å². The molecular formula is C10H18N2O4. The number of amides is 1. The van der Waals surface area contributed by atoms with Gasteiger partial charge in [-0.25, -0.2) is 4.79 Å². The fourth-order valence-electron chi connectivity index (χ4n) is 1.68. The normalized spacial score (nSPS) is 20.9. The Kier molecular flexibility index (Phi) is 3.72. The van der Waals surface area contributed by atoms with Gasteiger partial charge in [0.2, 0.25) is 6.54 Å². The van der Waals surface area contributed by atoms with Crippen LogP contribution in [0, 0.1) is 16.0 Å². The van der Waals surface area contributed by atoms with Crippen LogP contribution in [0.15, 0.2) is 0 Å². The van der Waals surface area contributed by atoms with Crippen molar-refractivity contribution in [2.24, 2.45) is 5.92 Å². The van der Waals surface area contributed by atoms with E-state index in [9.17, 15) is 14.9 Å². The van der Waals surface area contributed by atoms with Crippen molar-refractivity contribution in [2.75, 3.05) is 19.6 Å². The third-order valence-corrected chi connectivity index (χ3v) is 2.34. The quantitative estimate of drug-likeness (QED) is 0.532. The molecule has 92 valence electrons. The highest BCUT2D eigenvalue weighted by Crippen LogP contribution is 2.19. The van der Waals surface area contributed by atoms with E-state index >= 15 is 0 Å². The molecule has 0 bridgehead atoms. The number of hydrogen-bond donors (Lipinski definition) is 0. The Morgan fingerprint density at radius 3 is 2.69 bits per heavy atom. The molecule has 6 nitrogen and oxygen atoms in total. The minimum atomic E-state index is -0.516. The van der Waals surface area contributed by atoms with Crippen molar-refractivity contribution < 1.29 is 14.5 Å². The lowest BCUT2D eigenvalue weighted by Gasteiger charge is -2.24. The first-order valence-electron chi connectivity index (χ1n) is 5.37. The third-order valence-electron chi connectivity index (χ3n) is 2.34. The number of ether oxygens (including phenoxy) is 1. The van der Waals surface area contributed by atoms with Gasteiger partial charge < -0.3 is 9.64 Å². The van der Waals surface area contributed by atoms with Gasteiger partial charge in [-0.05, 0) is 27.2 Å². The van der Waals surface area contributed by atoms with Crippen LogP contribution in [0.1, 0.15) is 27.2 Å². The fourth-order valence-corrected chi connectivity index (χ4v) is 1.68. The van der Waals surface area contributed by atoms with Gasteiger partial charge in [0.15, 0.2) is 0 Å². The van der Waals surface area contributed by atoms with E-state index in [-0.39, 0.29) is 23.5 Å². The van der Waals surface area contributed by atoms with Gasteiger partial charge in [-0.3, -0.25) is 10.1 Å². The van der Waals surface area contributed by atoms with Crippen LogP contribution in [0.3, 0.4) is 0 Å². The largest absolute Gasteiger partial charge is 0.444 e. The van der Waals surface area contributed by atoms with Crippen molar-refractivity contribution in [1.82, 2.24) is 4.90 Å². The second-order valence-corrected chi connectivity index (χ2v) is 5.10. The molecule has 0 radical (unpaired) electrons. The molecule has 16 heavy (non-hydrogen) atoms. The highest BCUT2D eigenvalue weighted by molar-refractivity contribution is 5.68. The minimum absolute atomic E-state index is 0.0393. The smallest absolute Gasteiger partial charge is 0.410 e. The molecule has 0 aliphatic carbocycles. The summed E-state index contributed by atoms with van der Waals surface area (Å²) in [6, 6.07) is 0. The van der Waals surface area contributed by atoms with Crippen molar-refractivity contribution in [2.45, 2.75) is 32.8 Å². The van der Waals surface area contributed by atoms with E-state index in [1.807, 2.05) is 0 Å². The third kappa shape index (κ3) is 4.04. The van der Waals surface area contributed by atoms with Gasteiger partial charge in [-0.1, -0.05) is 0 Å². The van der Waals surface area contributed by atoms with E-state index in [0.717, 1.165) is 0 Å². The lowest BCUT2D eigenvalue weighted by atomic mass is 10.1. The molecule has 1 heterocycles. The zero-order chi connectivity index (χ0) is 12.3. The van der Waals surface area contributed by atoms with Crippen LogP contribution in [0.2, 0.25) is 0 Å². The fraction of sp³-hybridized carbons (Fsp3) is 0.900. The maximum absolute atomic E-state index is 11.6. The van der Waals surface area contributed by atoms with Crippen LogP contribution in [-0.2, 0) is 4.74 Å². The van der Waals surface area contributed by atoms with Gasteiger partial charge in [0, 0.05) is 23.9 Å². The van der Waals surface area contributed by atoms with Crippen LogP contribution in [-0.4, -0.2) is 41.2 Å². The van der Waals surface area contributed by atoms with Crippen molar-refractivity contribution in [3.63, 3.8) is 0 Å². The molecule has 1 amide bonds. The molecule has 0 spiro atoms. The number of carbonyl (C=O) groups is 1. The van der Waals surface area contributed by atoms with E-state index in [0.29, 0.717) is 19.5 Å². The Labute approximate surface area is 94.7 Å². The highest BCUT2D eigenvalue weighted by Gasteiger charge is 2.31. The molecule has 0 aromatic carbocycles. The molecule has 1 fully saturated rings. The number of hydrogen-bond acceptors (Lipinski definition) is 4. The van der Waals surface area contributed by atoms with Gasteiger partial charge in [0.05, 0.1) is 0 Å². The summed E-state index contributed by atoms with van der Waals surface area (Å²) in [6.07, 6.45) is 0.304. The average Bonchev–Trinajstić information content (AvgIpc) is 2.48. The van der Waals surface area contributed by atoms with Crippen molar-refractivity contribution >= 4 is 6.09 Å². The molecule has 1 unspecified atom stereocenters. The molecule has 6 heteroatoms. The Morgan fingerprint density at radius 2 is 2.19 bits per heavy atom. The minimum Gasteiger partial charge on any atom is -0.444 e. The van der Waals surface area contributed by atoms with Crippen LogP contribution in [0.4, 0.5) is 4.79 Å². The standard InChI is InChI=1S/C10H18N2O4/c1-10(2,3)16-9(13)11-5-4-8(6-11)7-12(14)15/h8H,4-7H2,1-3H3. The average molecular weight is 230 g/mol. The monoisotopic (exact) mass is 230 g/mol. The molecule has 1 atom stereocenters. The SMILES string of the molecule is CC(C)(C)OC(=O)N1CCC(C[N+](=O)[O-])C1. The van der Waals surface area contributed by atoms with Gasteiger partial charge >= 0.3 is 6.09 Å². The summed E-state index contributed by atoms with van der Waals surface area (Å²) < 4.78 is 5.19. The molecule has 1 aliphatic rings. The summed E-state index contributed by atoms with van der Waals surface area (Å²) in [6.45, 7) is 6.31. The molecule has 0 saturated carbocycles. The molecular weight excluding hydrogens is 212 g/mol. The lowest BCUT2D eigenvalue weighted by Crippen LogP contribution is -2.35. The molecule has 0 aromatic rings. The second kappa shape index (κ2) is 4.67. The molecule has 1 saturated heterocycles.